The van der Waals surface area contributed by atoms with E-state index in [9.17, 15) is 9.59 Å². The van der Waals surface area contributed by atoms with Gasteiger partial charge in [0.05, 0.1) is 14.2 Å². The summed E-state index contributed by atoms with van der Waals surface area (Å²) in [6, 6.07) is 1.94. The lowest BCUT2D eigenvalue weighted by Gasteiger charge is -2.33. The third kappa shape index (κ3) is 3.16. The molecule has 1 fully saturated rings. The molecule has 0 spiro atoms. The maximum Gasteiger partial charge on any atom is 0.323 e. The molecule has 4 nitrogen and oxygen atoms in total. The molecule has 116 valence electrons. The summed E-state index contributed by atoms with van der Waals surface area (Å²) >= 11 is 4.94. The highest BCUT2D eigenvalue weighted by atomic mass is 79.9. The largest absolute Gasteiger partial charge is 0.468 e. The summed E-state index contributed by atoms with van der Waals surface area (Å²) in [4.78, 5) is 26.0. The predicted molar refractivity (Wildman–Crippen MR) is 84.1 cm³/mol. The summed E-state index contributed by atoms with van der Waals surface area (Å²) < 4.78 is 10.9. The van der Waals surface area contributed by atoms with Crippen molar-refractivity contribution in [3.8, 4) is 0 Å². The van der Waals surface area contributed by atoms with Crippen molar-refractivity contribution in [2.75, 3.05) is 14.2 Å². The van der Waals surface area contributed by atoms with Crippen molar-refractivity contribution in [1.29, 1.82) is 0 Å². The fourth-order valence-corrected chi connectivity index (χ4v) is 4.76. The summed E-state index contributed by atoms with van der Waals surface area (Å²) in [5.74, 6) is -0.977. The minimum Gasteiger partial charge on any atom is -0.468 e. The molecule has 0 unspecified atom stereocenters. The summed E-state index contributed by atoms with van der Waals surface area (Å²) in [5.41, 5.74) is -1.22. The summed E-state index contributed by atoms with van der Waals surface area (Å²) in [5, 5.41) is 1.95. The third-order valence-corrected chi connectivity index (χ3v) is 5.92. The lowest BCUT2D eigenvalue weighted by molar-refractivity contribution is -0.173. The second-order valence-electron chi connectivity index (χ2n) is 5.34. The Morgan fingerprint density at radius 2 is 1.86 bits per heavy atom. The van der Waals surface area contributed by atoms with Crippen molar-refractivity contribution in [1.82, 2.24) is 0 Å². The summed E-state index contributed by atoms with van der Waals surface area (Å²) in [6.45, 7) is 0. The standard InChI is InChI=1S/C15H19BrO4S/c1-19-13(17)15(14(18)20-2,10-5-3-4-6-10)8-12-7-11(16)9-21-12/h7,9-10H,3-6,8H2,1-2H3. The molecule has 1 aliphatic carbocycles. The Hall–Kier alpha value is -0.880. The van der Waals surface area contributed by atoms with Gasteiger partial charge >= 0.3 is 11.9 Å². The lowest BCUT2D eigenvalue weighted by Crippen LogP contribution is -2.48. The molecule has 1 aromatic rings. The molecule has 1 aliphatic rings. The summed E-state index contributed by atoms with van der Waals surface area (Å²) in [7, 11) is 2.67. The SMILES string of the molecule is COC(=O)C(Cc1cc(Br)cs1)(C(=O)OC)C1CCCC1. The van der Waals surface area contributed by atoms with E-state index in [2.05, 4.69) is 15.9 Å². The third-order valence-electron chi connectivity index (χ3n) is 4.23. The van der Waals surface area contributed by atoms with Crippen LogP contribution in [-0.2, 0) is 25.5 Å². The minimum absolute atomic E-state index is 0.0155. The summed E-state index contributed by atoms with van der Waals surface area (Å²) in [6.07, 6.45) is 4.13. The molecule has 1 heterocycles. The monoisotopic (exact) mass is 374 g/mol. The average molecular weight is 375 g/mol. The van der Waals surface area contributed by atoms with E-state index in [1.54, 1.807) is 0 Å². The van der Waals surface area contributed by atoms with Crippen LogP contribution in [0.25, 0.3) is 0 Å². The molecule has 0 aliphatic heterocycles. The highest BCUT2D eigenvalue weighted by Gasteiger charge is 2.55. The molecule has 2 rings (SSSR count). The van der Waals surface area contributed by atoms with Gasteiger partial charge in [0.25, 0.3) is 0 Å². The van der Waals surface area contributed by atoms with Crippen LogP contribution in [0.3, 0.4) is 0 Å². The topological polar surface area (TPSA) is 52.6 Å². The van der Waals surface area contributed by atoms with Gasteiger partial charge in [-0.25, -0.2) is 0 Å². The van der Waals surface area contributed by atoms with Gasteiger partial charge in [-0.1, -0.05) is 12.8 Å². The molecule has 0 amide bonds. The van der Waals surface area contributed by atoms with E-state index >= 15 is 0 Å². The second-order valence-corrected chi connectivity index (χ2v) is 7.26. The van der Waals surface area contributed by atoms with Crippen molar-refractivity contribution in [3.63, 3.8) is 0 Å². The van der Waals surface area contributed by atoms with Crippen LogP contribution in [0.1, 0.15) is 30.6 Å². The number of carbonyl (C=O) groups excluding carboxylic acids is 2. The average Bonchev–Trinajstić information content (AvgIpc) is 3.14. The second kappa shape index (κ2) is 6.92. The van der Waals surface area contributed by atoms with Crippen LogP contribution in [0, 0.1) is 11.3 Å². The predicted octanol–water partition coefficient (Wildman–Crippen LogP) is 3.58. The number of ether oxygens (including phenoxy) is 2. The molecule has 1 aromatic heterocycles. The highest BCUT2D eigenvalue weighted by molar-refractivity contribution is 9.10. The maximum atomic E-state index is 12.5. The van der Waals surface area contributed by atoms with Crippen molar-refractivity contribution in [3.05, 3.63) is 20.8 Å². The van der Waals surface area contributed by atoms with Gasteiger partial charge in [-0.15, -0.1) is 11.3 Å². The first-order valence-electron chi connectivity index (χ1n) is 6.94. The van der Waals surface area contributed by atoms with Gasteiger partial charge in [-0.05, 0) is 40.8 Å². The molecule has 0 bridgehead atoms. The normalized spacial score (nSPS) is 16.0. The lowest BCUT2D eigenvalue weighted by atomic mass is 9.71. The smallest absolute Gasteiger partial charge is 0.323 e. The number of halogens is 1. The van der Waals surface area contributed by atoms with Crippen molar-refractivity contribution in [2.24, 2.45) is 11.3 Å². The van der Waals surface area contributed by atoms with Crippen molar-refractivity contribution in [2.45, 2.75) is 32.1 Å². The first-order chi connectivity index (χ1) is 10.0. The molecule has 21 heavy (non-hydrogen) atoms. The number of carbonyl (C=O) groups is 2. The van der Waals surface area contributed by atoms with Crippen LogP contribution in [0.4, 0.5) is 0 Å². The highest BCUT2D eigenvalue weighted by Crippen LogP contribution is 2.45. The Balaban J connectivity index is 2.43. The molecule has 0 radical (unpaired) electrons. The van der Waals surface area contributed by atoms with E-state index in [4.69, 9.17) is 9.47 Å². The van der Waals surface area contributed by atoms with Crippen LogP contribution in [0.5, 0.6) is 0 Å². The zero-order chi connectivity index (χ0) is 15.5. The fraction of sp³-hybridized carbons (Fsp3) is 0.600. The molecule has 0 atom stereocenters. The zero-order valence-electron chi connectivity index (χ0n) is 12.2. The van der Waals surface area contributed by atoms with E-state index in [-0.39, 0.29) is 5.92 Å². The quantitative estimate of drug-likeness (QED) is 0.583. The van der Waals surface area contributed by atoms with Gasteiger partial charge in [0.2, 0.25) is 0 Å². The van der Waals surface area contributed by atoms with Gasteiger partial charge in [-0.2, -0.15) is 0 Å². The first kappa shape index (κ1) is 16.5. The maximum absolute atomic E-state index is 12.5. The number of hydrogen-bond acceptors (Lipinski definition) is 5. The van der Waals surface area contributed by atoms with Crippen LogP contribution in [-0.4, -0.2) is 26.2 Å². The fourth-order valence-electron chi connectivity index (χ4n) is 3.21. The number of hydrogen-bond donors (Lipinski definition) is 0. The van der Waals surface area contributed by atoms with Crippen LogP contribution in [0.2, 0.25) is 0 Å². The van der Waals surface area contributed by atoms with E-state index in [0.29, 0.717) is 6.42 Å². The Morgan fingerprint density at radius 3 is 2.29 bits per heavy atom. The molecule has 0 saturated heterocycles. The van der Waals surface area contributed by atoms with E-state index in [0.717, 1.165) is 35.0 Å². The Labute approximate surface area is 136 Å². The number of methoxy groups -OCH3 is 2. The van der Waals surface area contributed by atoms with Gasteiger partial charge < -0.3 is 9.47 Å². The molecular weight excluding hydrogens is 356 g/mol. The van der Waals surface area contributed by atoms with Crippen molar-refractivity contribution >= 4 is 39.2 Å². The van der Waals surface area contributed by atoms with Gasteiger partial charge in [0.15, 0.2) is 5.41 Å². The number of esters is 2. The van der Waals surface area contributed by atoms with Crippen LogP contribution >= 0.6 is 27.3 Å². The van der Waals surface area contributed by atoms with Crippen LogP contribution < -0.4 is 0 Å². The van der Waals surface area contributed by atoms with E-state index in [1.807, 2.05) is 11.4 Å². The molecule has 1 saturated carbocycles. The van der Waals surface area contributed by atoms with Gasteiger partial charge in [-0.3, -0.25) is 9.59 Å². The molecule has 0 N–H and O–H groups in total. The first-order valence-corrected chi connectivity index (χ1v) is 8.61. The molecular formula is C15H19BrO4S. The zero-order valence-corrected chi connectivity index (χ0v) is 14.6. The van der Waals surface area contributed by atoms with Crippen LogP contribution in [0.15, 0.2) is 15.9 Å². The number of rotatable bonds is 5. The van der Waals surface area contributed by atoms with Crippen molar-refractivity contribution < 1.29 is 19.1 Å². The molecule has 0 aromatic carbocycles. The Morgan fingerprint density at radius 1 is 1.29 bits per heavy atom. The molecule has 6 heteroatoms. The minimum atomic E-state index is -1.22. The number of thiophene rings is 1. The van der Waals surface area contributed by atoms with E-state index < -0.39 is 17.4 Å². The van der Waals surface area contributed by atoms with Gasteiger partial charge in [0.1, 0.15) is 0 Å². The van der Waals surface area contributed by atoms with Gasteiger partial charge in [0, 0.05) is 21.2 Å². The van der Waals surface area contributed by atoms with E-state index in [1.165, 1.54) is 25.6 Å². The Bertz CT molecular complexity index is 503. The Kier molecular flexibility index (Phi) is 5.43.